The molecule has 5 nitrogen and oxygen atoms in total. The minimum atomic E-state index is -2.96. The standard InChI is InChI=1S/C11H18N2O3S/c1-2-11(14)13(10-4-3-6-12-10)9-5-7-17(15,16)8-9/h9H,2-8H2,1H3. The minimum absolute atomic E-state index is 0.00671. The molecule has 96 valence electrons. The molecule has 0 bridgehead atoms. The zero-order valence-corrected chi connectivity index (χ0v) is 10.9. The van der Waals surface area contributed by atoms with Crippen LogP contribution in [0.1, 0.15) is 32.6 Å². The van der Waals surface area contributed by atoms with Crippen LogP contribution in [0.5, 0.6) is 0 Å². The Kier molecular flexibility index (Phi) is 3.51. The fourth-order valence-electron chi connectivity index (χ4n) is 2.43. The number of sulfone groups is 1. The number of carbonyl (C=O) groups excluding carboxylic acids is 1. The van der Waals surface area contributed by atoms with E-state index in [1.165, 1.54) is 0 Å². The van der Waals surface area contributed by atoms with Gasteiger partial charge in [-0.2, -0.15) is 0 Å². The minimum Gasteiger partial charge on any atom is -0.296 e. The zero-order chi connectivity index (χ0) is 12.5. The summed E-state index contributed by atoms with van der Waals surface area (Å²) < 4.78 is 23.0. The summed E-state index contributed by atoms with van der Waals surface area (Å²) in [6.07, 6.45) is 2.70. The van der Waals surface area contributed by atoms with E-state index in [1.54, 1.807) is 11.8 Å². The van der Waals surface area contributed by atoms with Crippen molar-refractivity contribution >= 4 is 21.6 Å². The number of hydrogen-bond donors (Lipinski definition) is 0. The Morgan fingerprint density at radius 1 is 1.53 bits per heavy atom. The average molecular weight is 258 g/mol. The van der Waals surface area contributed by atoms with Gasteiger partial charge in [0, 0.05) is 19.4 Å². The lowest BCUT2D eigenvalue weighted by atomic mass is 10.2. The van der Waals surface area contributed by atoms with E-state index in [-0.39, 0.29) is 23.5 Å². The Morgan fingerprint density at radius 3 is 2.76 bits per heavy atom. The lowest BCUT2D eigenvalue weighted by molar-refractivity contribution is -0.128. The van der Waals surface area contributed by atoms with Crippen LogP contribution in [0.3, 0.4) is 0 Å². The van der Waals surface area contributed by atoms with Gasteiger partial charge in [0.25, 0.3) is 0 Å². The normalized spacial score (nSPS) is 26.9. The Hall–Kier alpha value is -0.910. The number of nitrogens with zero attached hydrogens (tertiary/aromatic N) is 2. The molecule has 0 N–H and O–H groups in total. The topological polar surface area (TPSA) is 66.8 Å². The maximum Gasteiger partial charge on any atom is 0.227 e. The quantitative estimate of drug-likeness (QED) is 0.728. The molecule has 0 aliphatic carbocycles. The van der Waals surface area contributed by atoms with E-state index in [2.05, 4.69) is 4.99 Å². The van der Waals surface area contributed by atoms with E-state index in [0.29, 0.717) is 12.8 Å². The Balaban J connectivity index is 2.19. The van der Waals surface area contributed by atoms with E-state index in [4.69, 9.17) is 0 Å². The van der Waals surface area contributed by atoms with Crippen LogP contribution in [0.15, 0.2) is 4.99 Å². The number of aliphatic imine (C=N–C) groups is 1. The van der Waals surface area contributed by atoms with Crippen molar-refractivity contribution in [1.29, 1.82) is 0 Å². The average Bonchev–Trinajstić information content (AvgIpc) is 2.89. The SMILES string of the molecule is CCC(=O)N(C1=NCCC1)C1CCS(=O)(=O)C1. The number of hydrogen-bond acceptors (Lipinski definition) is 4. The summed E-state index contributed by atoms with van der Waals surface area (Å²) in [5.41, 5.74) is 0. The second-order valence-electron chi connectivity index (χ2n) is 4.58. The van der Waals surface area contributed by atoms with Crippen LogP contribution in [0.4, 0.5) is 0 Å². The maximum absolute atomic E-state index is 11.9. The van der Waals surface area contributed by atoms with E-state index in [9.17, 15) is 13.2 Å². The van der Waals surface area contributed by atoms with E-state index < -0.39 is 9.84 Å². The highest BCUT2D eigenvalue weighted by atomic mass is 32.2. The molecule has 1 saturated heterocycles. The molecule has 2 aliphatic heterocycles. The molecule has 17 heavy (non-hydrogen) atoms. The number of amides is 1. The first-order chi connectivity index (χ1) is 8.03. The van der Waals surface area contributed by atoms with Crippen LogP contribution in [-0.2, 0) is 14.6 Å². The van der Waals surface area contributed by atoms with Gasteiger partial charge >= 0.3 is 0 Å². The van der Waals surface area contributed by atoms with Crippen molar-refractivity contribution < 1.29 is 13.2 Å². The summed E-state index contributed by atoms with van der Waals surface area (Å²) in [6, 6.07) is -0.190. The van der Waals surface area contributed by atoms with Gasteiger partial charge in [-0.15, -0.1) is 0 Å². The predicted octanol–water partition coefficient (Wildman–Crippen LogP) is 0.604. The van der Waals surface area contributed by atoms with Crippen molar-refractivity contribution in [2.24, 2.45) is 4.99 Å². The molecular formula is C11H18N2O3S. The van der Waals surface area contributed by atoms with Crippen LogP contribution in [-0.4, -0.2) is 49.2 Å². The van der Waals surface area contributed by atoms with Crippen molar-refractivity contribution in [3.05, 3.63) is 0 Å². The molecule has 0 aromatic rings. The van der Waals surface area contributed by atoms with Gasteiger partial charge in [-0.1, -0.05) is 6.92 Å². The molecule has 0 spiro atoms. The Morgan fingerprint density at radius 2 is 2.29 bits per heavy atom. The van der Waals surface area contributed by atoms with Crippen LogP contribution < -0.4 is 0 Å². The third-order valence-corrected chi connectivity index (χ3v) is 5.03. The van der Waals surface area contributed by atoms with Gasteiger partial charge in [-0.25, -0.2) is 8.42 Å². The molecule has 2 heterocycles. The summed E-state index contributed by atoms with van der Waals surface area (Å²) in [6.45, 7) is 2.55. The van der Waals surface area contributed by atoms with E-state index >= 15 is 0 Å². The van der Waals surface area contributed by atoms with E-state index in [1.807, 2.05) is 0 Å². The number of carbonyl (C=O) groups is 1. The molecule has 2 aliphatic rings. The highest BCUT2D eigenvalue weighted by molar-refractivity contribution is 7.91. The first-order valence-corrected chi connectivity index (χ1v) is 7.91. The van der Waals surface area contributed by atoms with Gasteiger partial charge in [0.1, 0.15) is 5.84 Å². The van der Waals surface area contributed by atoms with Gasteiger partial charge in [-0.05, 0) is 12.8 Å². The van der Waals surface area contributed by atoms with Crippen LogP contribution in [0.2, 0.25) is 0 Å². The van der Waals surface area contributed by atoms with Crippen molar-refractivity contribution in [1.82, 2.24) is 4.90 Å². The molecule has 0 aromatic heterocycles. The Labute approximate surface area is 102 Å². The molecule has 1 fully saturated rings. The molecule has 1 unspecified atom stereocenters. The monoisotopic (exact) mass is 258 g/mol. The van der Waals surface area contributed by atoms with Gasteiger partial charge in [-0.3, -0.25) is 14.7 Å². The largest absolute Gasteiger partial charge is 0.296 e. The molecule has 1 amide bonds. The highest BCUT2D eigenvalue weighted by Crippen LogP contribution is 2.22. The third-order valence-electron chi connectivity index (χ3n) is 3.28. The van der Waals surface area contributed by atoms with Crippen molar-refractivity contribution in [2.75, 3.05) is 18.1 Å². The van der Waals surface area contributed by atoms with Gasteiger partial charge in [0.05, 0.1) is 17.5 Å². The highest BCUT2D eigenvalue weighted by Gasteiger charge is 2.36. The van der Waals surface area contributed by atoms with E-state index in [0.717, 1.165) is 25.2 Å². The molecule has 1 atom stereocenters. The third kappa shape index (κ3) is 2.68. The lowest BCUT2D eigenvalue weighted by Crippen LogP contribution is -2.44. The predicted molar refractivity (Wildman–Crippen MR) is 65.7 cm³/mol. The lowest BCUT2D eigenvalue weighted by Gasteiger charge is -2.27. The summed E-state index contributed by atoms with van der Waals surface area (Å²) in [4.78, 5) is 17.9. The maximum atomic E-state index is 11.9. The molecular weight excluding hydrogens is 240 g/mol. The fourth-order valence-corrected chi connectivity index (χ4v) is 4.13. The van der Waals surface area contributed by atoms with Crippen LogP contribution in [0.25, 0.3) is 0 Å². The fraction of sp³-hybridized carbons (Fsp3) is 0.818. The van der Waals surface area contributed by atoms with Gasteiger partial charge in [0.15, 0.2) is 9.84 Å². The molecule has 0 radical (unpaired) electrons. The van der Waals surface area contributed by atoms with Crippen LogP contribution >= 0.6 is 0 Å². The first-order valence-electron chi connectivity index (χ1n) is 6.09. The molecule has 0 aromatic carbocycles. The van der Waals surface area contributed by atoms with Crippen molar-refractivity contribution in [3.8, 4) is 0 Å². The van der Waals surface area contributed by atoms with Gasteiger partial charge in [0.2, 0.25) is 5.91 Å². The number of rotatable bonds is 2. The molecule has 6 heteroatoms. The molecule has 2 rings (SSSR count). The summed E-state index contributed by atoms with van der Waals surface area (Å²) in [5.74, 6) is 1.07. The zero-order valence-electron chi connectivity index (χ0n) is 10.1. The first kappa shape index (κ1) is 12.5. The van der Waals surface area contributed by atoms with Crippen molar-refractivity contribution in [2.45, 2.75) is 38.6 Å². The summed E-state index contributed by atoms with van der Waals surface area (Å²) >= 11 is 0. The second-order valence-corrected chi connectivity index (χ2v) is 6.80. The number of amidine groups is 1. The molecule has 0 saturated carbocycles. The van der Waals surface area contributed by atoms with Gasteiger partial charge < -0.3 is 0 Å². The Bertz CT molecular complexity index is 442. The summed E-state index contributed by atoms with van der Waals surface area (Å²) in [7, 11) is -2.96. The second kappa shape index (κ2) is 4.76. The summed E-state index contributed by atoms with van der Waals surface area (Å²) in [5, 5.41) is 0. The van der Waals surface area contributed by atoms with Crippen LogP contribution in [0, 0.1) is 0 Å². The smallest absolute Gasteiger partial charge is 0.227 e. The van der Waals surface area contributed by atoms with Crippen molar-refractivity contribution in [3.63, 3.8) is 0 Å².